The van der Waals surface area contributed by atoms with Crippen LogP contribution < -0.4 is 0 Å². The van der Waals surface area contributed by atoms with Crippen molar-refractivity contribution in [3.8, 4) is 0 Å². The first kappa shape index (κ1) is 16.3. The normalized spacial score (nSPS) is 18.1. The van der Waals surface area contributed by atoms with E-state index >= 15 is 0 Å². The molecular weight excluding hydrogens is 312 g/mol. The maximum absolute atomic E-state index is 12.2. The van der Waals surface area contributed by atoms with Crippen LogP contribution in [0.15, 0.2) is 39.8 Å². The Bertz CT molecular complexity index is 639. The molecule has 0 spiro atoms. The van der Waals surface area contributed by atoms with E-state index in [-0.39, 0.29) is 0 Å². The second-order valence-corrected chi connectivity index (χ2v) is 7.29. The highest BCUT2D eigenvalue weighted by atomic mass is 32.2. The lowest BCUT2D eigenvalue weighted by Gasteiger charge is -2.33. The third kappa shape index (κ3) is 4.70. The summed E-state index contributed by atoms with van der Waals surface area (Å²) in [5.41, 5.74) is 0. The van der Waals surface area contributed by atoms with Gasteiger partial charge in [-0.1, -0.05) is 23.4 Å². The molecule has 124 valence electrons. The maximum Gasteiger partial charge on any atom is 0.240 e. The zero-order chi connectivity index (χ0) is 16.1. The number of nitrogens with zero attached hydrogens (tertiary/aromatic N) is 4. The number of hydrogen-bond acceptors (Lipinski definition) is 6. The molecule has 0 N–H and O–H groups in total. The Morgan fingerprint density at radius 1 is 1.13 bits per heavy atom. The van der Waals surface area contributed by atoms with E-state index in [9.17, 15) is 4.21 Å². The van der Waals surface area contributed by atoms with Gasteiger partial charge in [0.2, 0.25) is 5.89 Å². The number of aromatic nitrogens is 2. The van der Waals surface area contributed by atoms with Crippen LogP contribution in [0.4, 0.5) is 0 Å². The average Bonchev–Trinajstić information content (AvgIpc) is 2.99. The molecule has 1 atom stereocenters. The van der Waals surface area contributed by atoms with E-state index in [1.807, 2.05) is 37.3 Å². The molecule has 1 aliphatic rings. The van der Waals surface area contributed by atoms with E-state index in [2.05, 4.69) is 19.9 Å². The second kappa shape index (κ2) is 7.81. The van der Waals surface area contributed by atoms with E-state index in [1.165, 1.54) is 0 Å². The lowest BCUT2D eigenvalue weighted by atomic mass is 10.3. The first-order valence-corrected chi connectivity index (χ1v) is 9.20. The van der Waals surface area contributed by atoms with Gasteiger partial charge in [0.1, 0.15) is 0 Å². The van der Waals surface area contributed by atoms with Crippen molar-refractivity contribution in [2.75, 3.05) is 38.5 Å². The summed E-state index contributed by atoms with van der Waals surface area (Å²) < 4.78 is 17.4. The van der Waals surface area contributed by atoms with Crippen LogP contribution in [0.2, 0.25) is 0 Å². The Hall–Kier alpha value is -1.57. The molecule has 1 aromatic carbocycles. The highest BCUT2D eigenvalue weighted by molar-refractivity contribution is 7.85. The van der Waals surface area contributed by atoms with Crippen LogP contribution in [-0.4, -0.2) is 62.6 Å². The van der Waals surface area contributed by atoms with Gasteiger partial charge >= 0.3 is 0 Å². The Balaban J connectivity index is 1.40. The van der Waals surface area contributed by atoms with Crippen molar-refractivity contribution in [1.82, 2.24) is 19.9 Å². The van der Waals surface area contributed by atoms with Crippen molar-refractivity contribution in [1.29, 1.82) is 0 Å². The van der Waals surface area contributed by atoms with Crippen LogP contribution in [0, 0.1) is 6.92 Å². The van der Waals surface area contributed by atoms with Gasteiger partial charge in [0.05, 0.1) is 17.3 Å². The molecule has 0 bridgehead atoms. The lowest BCUT2D eigenvalue weighted by molar-refractivity contribution is 0.121. The van der Waals surface area contributed by atoms with Gasteiger partial charge in [-0.05, 0) is 19.1 Å². The number of benzene rings is 1. The minimum Gasteiger partial charge on any atom is -0.338 e. The topological polar surface area (TPSA) is 62.5 Å². The van der Waals surface area contributed by atoms with Crippen molar-refractivity contribution < 1.29 is 8.73 Å². The molecule has 3 rings (SSSR count). The van der Waals surface area contributed by atoms with Gasteiger partial charge in [-0.2, -0.15) is 4.98 Å². The highest BCUT2D eigenvalue weighted by Crippen LogP contribution is 2.09. The molecule has 1 fully saturated rings. The number of rotatable bonds is 6. The molecule has 0 aliphatic carbocycles. The largest absolute Gasteiger partial charge is 0.338 e. The first-order valence-electron chi connectivity index (χ1n) is 7.88. The molecule has 2 heterocycles. The van der Waals surface area contributed by atoms with Crippen LogP contribution in [0.3, 0.4) is 0 Å². The summed E-state index contributed by atoms with van der Waals surface area (Å²) >= 11 is 0. The predicted molar refractivity (Wildman–Crippen MR) is 88.5 cm³/mol. The maximum atomic E-state index is 12.2. The molecular formula is C16H22N4O2S. The lowest BCUT2D eigenvalue weighted by Crippen LogP contribution is -2.46. The summed E-state index contributed by atoms with van der Waals surface area (Å²) in [6.07, 6.45) is 0. The summed E-state index contributed by atoms with van der Waals surface area (Å²) in [4.78, 5) is 9.85. The van der Waals surface area contributed by atoms with Crippen molar-refractivity contribution in [3.63, 3.8) is 0 Å². The minimum absolute atomic E-state index is 0.682. The first-order chi connectivity index (χ1) is 11.2. The minimum atomic E-state index is -0.911. The summed E-state index contributed by atoms with van der Waals surface area (Å²) in [6.45, 7) is 7.33. The van der Waals surface area contributed by atoms with Crippen molar-refractivity contribution in [3.05, 3.63) is 42.0 Å². The molecule has 7 heteroatoms. The van der Waals surface area contributed by atoms with Crippen LogP contribution in [-0.2, 0) is 17.3 Å². The van der Waals surface area contributed by atoms with Crippen LogP contribution in [0.25, 0.3) is 0 Å². The van der Waals surface area contributed by atoms with Gasteiger partial charge in [-0.15, -0.1) is 0 Å². The molecule has 1 aromatic heterocycles. The Morgan fingerprint density at radius 3 is 2.48 bits per heavy atom. The molecule has 2 aromatic rings. The quantitative estimate of drug-likeness (QED) is 0.794. The average molecular weight is 334 g/mol. The van der Waals surface area contributed by atoms with E-state index in [0.717, 1.165) is 37.6 Å². The van der Waals surface area contributed by atoms with Crippen LogP contribution in [0.1, 0.15) is 11.7 Å². The zero-order valence-corrected chi connectivity index (χ0v) is 14.2. The zero-order valence-electron chi connectivity index (χ0n) is 13.4. The monoisotopic (exact) mass is 334 g/mol. The summed E-state index contributed by atoms with van der Waals surface area (Å²) in [7, 11) is -0.911. The summed E-state index contributed by atoms with van der Waals surface area (Å²) in [5.74, 6) is 2.05. The van der Waals surface area contributed by atoms with Gasteiger partial charge in [-0.25, -0.2) is 0 Å². The van der Waals surface area contributed by atoms with E-state index < -0.39 is 10.8 Å². The van der Waals surface area contributed by atoms with Gasteiger partial charge in [0.15, 0.2) is 5.82 Å². The van der Waals surface area contributed by atoms with Crippen molar-refractivity contribution in [2.24, 2.45) is 0 Å². The van der Waals surface area contributed by atoms with Crippen molar-refractivity contribution in [2.45, 2.75) is 18.4 Å². The Morgan fingerprint density at radius 2 is 1.83 bits per heavy atom. The molecule has 23 heavy (non-hydrogen) atoms. The molecule has 1 aliphatic heterocycles. The Labute approximate surface area is 138 Å². The highest BCUT2D eigenvalue weighted by Gasteiger charge is 2.19. The van der Waals surface area contributed by atoms with Crippen LogP contribution in [0.5, 0.6) is 0 Å². The molecule has 0 unspecified atom stereocenters. The fourth-order valence-electron chi connectivity index (χ4n) is 2.67. The van der Waals surface area contributed by atoms with Crippen LogP contribution >= 0.6 is 0 Å². The molecule has 0 saturated carbocycles. The van der Waals surface area contributed by atoms with E-state index in [0.29, 0.717) is 24.0 Å². The van der Waals surface area contributed by atoms with Gasteiger partial charge in [0.25, 0.3) is 0 Å². The molecule has 6 nitrogen and oxygen atoms in total. The third-order valence-corrected chi connectivity index (χ3v) is 5.34. The van der Waals surface area contributed by atoms with Gasteiger partial charge in [0, 0.05) is 43.4 Å². The molecule has 0 amide bonds. The SMILES string of the molecule is Cc1noc(CN2CCN(CC[S@](=O)c3ccccc3)CC2)n1. The van der Waals surface area contributed by atoms with Gasteiger partial charge in [-0.3, -0.25) is 14.0 Å². The smallest absolute Gasteiger partial charge is 0.240 e. The van der Waals surface area contributed by atoms with E-state index in [4.69, 9.17) is 4.52 Å². The van der Waals surface area contributed by atoms with Crippen molar-refractivity contribution >= 4 is 10.8 Å². The number of aryl methyl sites for hydroxylation is 1. The van der Waals surface area contributed by atoms with E-state index in [1.54, 1.807) is 0 Å². The Kier molecular flexibility index (Phi) is 5.53. The fraction of sp³-hybridized carbons (Fsp3) is 0.500. The number of piperazine rings is 1. The second-order valence-electron chi connectivity index (χ2n) is 5.72. The summed E-state index contributed by atoms with van der Waals surface area (Å²) in [6, 6.07) is 9.68. The number of hydrogen-bond donors (Lipinski definition) is 0. The molecule has 0 radical (unpaired) electrons. The fourth-order valence-corrected chi connectivity index (χ4v) is 3.79. The third-order valence-electron chi connectivity index (χ3n) is 3.99. The molecule has 1 saturated heterocycles. The standard InChI is InChI=1S/C16H22N4O2S/c1-14-17-16(22-18-14)13-20-9-7-19(8-10-20)11-12-23(21)15-5-3-2-4-6-15/h2-6H,7-13H2,1H3/t23-/m0/s1. The predicted octanol–water partition coefficient (Wildman–Crippen LogP) is 1.30. The van der Waals surface area contributed by atoms with Gasteiger partial charge < -0.3 is 4.52 Å². The summed E-state index contributed by atoms with van der Waals surface area (Å²) in [5, 5.41) is 3.82.